The molecule has 1 N–H and O–H groups in total. The molecule has 0 atom stereocenters. The Hall–Kier alpha value is -4.89. The van der Waals surface area contributed by atoms with Crippen LogP contribution in [0, 0.1) is 25.4 Å². The molecule has 1 heterocycles. The topological polar surface area (TPSA) is 130 Å². The first kappa shape index (κ1) is 25.2. The molecule has 16 heteroatoms. The van der Waals surface area contributed by atoms with Crippen molar-refractivity contribution >= 4 is 33.8 Å². The number of nitro benzene ring substituents is 2. The quantitative estimate of drug-likeness (QED) is 0.114. The number of nitrogens with one attached hydrogen (secondary N) is 1. The molecule has 0 saturated heterocycles. The van der Waals surface area contributed by atoms with Gasteiger partial charge in [0.1, 0.15) is 5.69 Å². The smallest absolute Gasteiger partial charge is 0.416 e. The van der Waals surface area contributed by atoms with Gasteiger partial charge in [0.25, 0.3) is 16.9 Å². The van der Waals surface area contributed by atoms with Crippen molar-refractivity contribution in [3.8, 4) is 5.69 Å². The van der Waals surface area contributed by atoms with Crippen molar-refractivity contribution in [1.82, 2.24) is 4.68 Å². The van der Waals surface area contributed by atoms with Crippen molar-refractivity contribution in [3.05, 3.63) is 97.2 Å². The van der Waals surface area contributed by atoms with Crippen LogP contribution in [-0.2, 0) is 12.4 Å². The third-order valence-electron chi connectivity index (χ3n) is 5.20. The van der Waals surface area contributed by atoms with Crippen LogP contribution in [0.15, 0.2) is 60.7 Å². The van der Waals surface area contributed by atoms with Gasteiger partial charge in [0, 0.05) is 5.69 Å². The van der Waals surface area contributed by atoms with Gasteiger partial charge in [-0.2, -0.15) is 26.3 Å². The van der Waals surface area contributed by atoms with Crippen LogP contribution in [0.1, 0.15) is 11.1 Å². The number of benzene rings is 3. The maximum Gasteiger partial charge on any atom is 0.416 e. The van der Waals surface area contributed by atoms with Crippen LogP contribution in [0.2, 0.25) is 0 Å². The van der Waals surface area contributed by atoms with Crippen LogP contribution in [0.3, 0.4) is 0 Å². The molecule has 3 aromatic carbocycles. The molecule has 0 amide bonds. The third-order valence-corrected chi connectivity index (χ3v) is 5.20. The molecule has 0 unspecified atom stereocenters. The van der Waals surface area contributed by atoms with Crippen LogP contribution < -0.4 is 10.2 Å². The molecule has 1 aromatic heterocycles. The molecule has 10 nitrogen and oxygen atoms in total. The maximum atomic E-state index is 13.3. The highest BCUT2D eigenvalue weighted by atomic mass is 19.4. The summed E-state index contributed by atoms with van der Waals surface area (Å²) < 4.78 is 80.1. The number of rotatable bonds is 5. The second kappa shape index (κ2) is 8.65. The summed E-state index contributed by atoms with van der Waals surface area (Å²) in [6.07, 6.45) is -9.64. The Morgan fingerprint density at radius 3 is 1.97 bits per heavy atom. The Kier molecular flexibility index (Phi) is 5.89. The summed E-state index contributed by atoms with van der Waals surface area (Å²) in [4.78, 5) is 20.8. The summed E-state index contributed by atoms with van der Waals surface area (Å²) in [5.41, 5.74) is -5.66. The van der Waals surface area contributed by atoms with Crippen LogP contribution >= 0.6 is 0 Å². The number of hydrogen-bond donors (Lipinski definition) is 1. The highest BCUT2D eigenvalue weighted by Gasteiger charge is 2.36. The lowest BCUT2D eigenvalue weighted by Gasteiger charge is -2.13. The molecule has 192 valence electrons. The fourth-order valence-corrected chi connectivity index (χ4v) is 3.62. The normalized spacial score (nSPS) is 12.1. The van der Waals surface area contributed by atoms with Crippen LogP contribution in [-0.4, -0.2) is 14.5 Å². The zero-order valence-corrected chi connectivity index (χ0v) is 17.9. The van der Waals surface area contributed by atoms with E-state index < -0.39 is 67.1 Å². The number of non-ortho nitro benzene ring substituents is 2. The Balaban J connectivity index is 2.08. The Labute approximate surface area is 200 Å². The maximum absolute atomic E-state index is 13.3. The van der Waals surface area contributed by atoms with E-state index in [1.165, 1.54) is 0 Å². The summed E-state index contributed by atoms with van der Waals surface area (Å²) in [6.45, 7) is 0. The Morgan fingerprint density at radius 2 is 1.41 bits per heavy atom. The van der Waals surface area contributed by atoms with E-state index in [9.17, 15) is 51.8 Å². The molecule has 0 aliphatic carbocycles. The van der Waals surface area contributed by atoms with Gasteiger partial charge in [0.2, 0.25) is 0 Å². The molecule has 0 fully saturated rings. The van der Waals surface area contributed by atoms with Crippen molar-refractivity contribution in [1.29, 1.82) is 0 Å². The van der Waals surface area contributed by atoms with E-state index in [0.29, 0.717) is 35.0 Å². The fraction of sp³-hybridized carbons (Fsp3) is 0.0952. The van der Waals surface area contributed by atoms with E-state index in [1.807, 2.05) is 0 Å². The van der Waals surface area contributed by atoms with Crippen molar-refractivity contribution < 1.29 is 41.0 Å². The summed E-state index contributed by atoms with van der Waals surface area (Å²) in [5.74, 6) is -0.592. The monoisotopic (exact) mass is 527 g/mol. The van der Waals surface area contributed by atoms with E-state index in [2.05, 4.69) is 5.32 Å². The number of alkyl halides is 6. The molecule has 4 rings (SSSR count). The molecular weight excluding hydrogens is 516 g/mol. The average molecular weight is 527 g/mol. The molecule has 0 radical (unpaired) electrons. The first-order valence-corrected chi connectivity index (χ1v) is 9.91. The Bertz CT molecular complexity index is 1560. The number of anilines is 2. The van der Waals surface area contributed by atoms with Gasteiger partial charge >= 0.3 is 12.4 Å². The zero-order chi connectivity index (χ0) is 27.3. The van der Waals surface area contributed by atoms with Crippen LogP contribution in [0.4, 0.5) is 49.2 Å². The zero-order valence-electron chi connectivity index (χ0n) is 17.9. The highest BCUT2D eigenvalue weighted by molar-refractivity contribution is 5.99. The standard InChI is InChI=1S/C21H11F6N5O5/c22-20(23,24)11-3-1-5-13(7-11)28-19-18-16(9-15(31(34)35)10-17(18)32(36)37)30(33)29(19)14-6-2-4-12(8-14)21(25,26)27/h1-10,28H. The van der Waals surface area contributed by atoms with Gasteiger partial charge in [-0.25, -0.2) is 0 Å². The van der Waals surface area contributed by atoms with Crippen molar-refractivity contribution in [2.24, 2.45) is 0 Å². The van der Waals surface area contributed by atoms with Crippen molar-refractivity contribution in [3.63, 3.8) is 0 Å². The number of fused-ring (bicyclic) bond motifs is 1. The molecule has 4 aromatic rings. The van der Waals surface area contributed by atoms with E-state index in [0.717, 1.165) is 30.3 Å². The average Bonchev–Trinajstić information content (AvgIpc) is 3.08. The number of hydrogen-bond acceptors (Lipinski definition) is 6. The molecule has 0 bridgehead atoms. The van der Waals surface area contributed by atoms with Gasteiger partial charge in [-0.3, -0.25) is 20.2 Å². The van der Waals surface area contributed by atoms with Gasteiger partial charge in [-0.05, 0) is 36.4 Å². The second-order valence-electron chi connectivity index (χ2n) is 7.56. The summed E-state index contributed by atoms with van der Waals surface area (Å²) in [5, 5.41) is 38.1. The molecular formula is C21H11F6N5O5. The number of halogens is 6. The van der Waals surface area contributed by atoms with E-state index in [1.54, 1.807) is 0 Å². The number of nitro groups is 2. The fourth-order valence-electron chi connectivity index (χ4n) is 3.62. The summed E-state index contributed by atoms with van der Waals surface area (Å²) >= 11 is 0. The summed E-state index contributed by atoms with van der Waals surface area (Å²) in [7, 11) is 0. The van der Waals surface area contributed by atoms with E-state index >= 15 is 0 Å². The van der Waals surface area contributed by atoms with Gasteiger partial charge in [0.15, 0.2) is 11.2 Å². The van der Waals surface area contributed by atoms with E-state index in [4.69, 9.17) is 0 Å². The molecule has 0 saturated carbocycles. The predicted molar refractivity (Wildman–Crippen MR) is 115 cm³/mol. The van der Waals surface area contributed by atoms with E-state index in [-0.39, 0.29) is 10.5 Å². The first-order chi connectivity index (χ1) is 17.2. The van der Waals surface area contributed by atoms with Gasteiger partial charge in [-0.1, -0.05) is 21.7 Å². The van der Waals surface area contributed by atoms with Crippen molar-refractivity contribution in [2.45, 2.75) is 12.4 Å². The lowest BCUT2D eigenvalue weighted by molar-refractivity contribution is -0.658. The molecule has 0 aliphatic rings. The van der Waals surface area contributed by atoms with Crippen LogP contribution in [0.5, 0.6) is 0 Å². The SMILES string of the molecule is O=[N+]([O-])c1cc([N+](=O)[O-])c2c(Nc3cccc(C(F)(F)F)c3)n(-c3cccc(C(F)(F)F)c3)[n+]([O-])c2c1. The lowest BCUT2D eigenvalue weighted by Crippen LogP contribution is -2.37. The minimum absolute atomic E-state index is 0.124. The highest BCUT2D eigenvalue weighted by Crippen LogP contribution is 2.39. The molecule has 0 spiro atoms. The number of nitrogens with zero attached hydrogens (tertiary/aromatic N) is 4. The largest absolute Gasteiger partial charge is 0.595 e. The summed E-state index contributed by atoms with van der Waals surface area (Å²) in [6, 6.07) is 7.85. The molecule has 0 aliphatic heterocycles. The lowest BCUT2D eigenvalue weighted by atomic mass is 10.1. The predicted octanol–water partition coefficient (Wildman–Crippen LogP) is 5.86. The number of aromatic nitrogens is 2. The second-order valence-corrected chi connectivity index (χ2v) is 7.56. The minimum atomic E-state index is -4.85. The van der Waals surface area contributed by atoms with Gasteiger partial charge in [-0.15, -0.1) is 0 Å². The third kappa shape index (κ3) is 4.67. The molecule has 37 heavy (non-hydrogen) atoms. The first-order valence-electron chi connectivity index (χ1n) is 9.91. The minimum Gasteiger partial charge on any atom is -0.595 e. The van der Waals surface area contributed by atoms with Crippen molar-refractivity contribution in [2.75, 3.05) is 5.32 Å². The van der Waals surface area contributed by atoms with Gasteiger partial charge in [0.05, 0.1) is 33.1 Å². The Morgan fingerprint density at radius 1 is 0.811 bits per heavy atom. The van der Waals surface area contributed by atoms with Gasteiger partial charge < -0.3 is 10.5 Å². The van der Waals surface area contributed by atoms with Crippen LogP contribution in [0.25, 0.3) is 16.6 Å².